The van der Waals surface area contributed by atoms with Gasteiger partial charge in [-0.05, 0) is 74.5 Å². The van der Waals surface area contributed by atoms with Gasteiger partial charge in [-0.3, -0.25) is 14.5 Å². The fourth-order valence-electron chi connectivity index (χ4n) is 4.08. The Morgan fingerprint density at radius 1 is 0.975 bits per heavy atom. The number of thioether (sulfide) groups is 1. The highest BCUT2D eigenvalue weighted by atomic mass is 79.9. The molecular formula is C28H27BrN3O7S-. The van der Waals surface area contributed by atoms with Crippen molar-refractivity contribution in [3.8, 4) is 5.75 Å². The number of rotatable bonds is 8. The molecule has 0 saturated carbocycles. The van der Waals surface area contributed by atoms with E-state index in [0.717, 1.165) is 11.8 Å². The lowest BCUT2D eigenvalue weighted by molar-refractivity contribution is -0.139. The van der Waals surface area contributed by atoms with Crippen molar-refractivity contribution in [3.05, 3.63) is 81.9 Å². The Hall–Kier alpha value is -3.90. The molecule has 10 nitrogen and oxygen atoms in total. The van der Waals surface area contributed by atoms with Crippen LogP contribution in [-0.2, 0) is 23.9 Å². The van der Waals surface area contributed by atoms with E-state index in [9.17, 15) is 19.2 Å². The number of methoxy groups -OCH3 is 1. The minimum Gasteiger partial charge on any atom is -1.00 e. The van der Waals surface area contributed by atoms with Crippen molar-refractivity contribution in [1.82, 2.24) is 4.90 Å². The van der Waals surface area contributed by atoms with Gasteiger partial charge in [-0.2, -0.15) is 0 Å². The number of carbonyl (C=O) groups excluding carboxylic acids is 4. The normalized spacial score (nSPS) is 16.1. The Morgan fingerprint density at radius 2 is 1.60 bits per heavy atom. The van der Waals surface area contributed by atoms with Crippen LogP contribution in [0.1, 0.15) is 42.7 Å². The number of benzene rings is 2. The standard InChI is InChI=1S/C28H27N3O7S.BrH/c1-5-37-26(34)18-7-11-19(12-8-18)30-25(33)21-15-22(32)31-24(17-9-13-20(36-4)14-10-17)23(27(35)38-6-2)16(3)29-28(31)39-21;/h7-15,24H,5-6H2,1-4H3,(H,30,33);1H/p-1. The second-order valence-electron chi connectivity index (χ2n) is 8.36. The van der Waals surface area contributed by atoms with Crippen molar-refractivity contribution in [2.75, 3.05) is 25.6 Å². The molecule has 0 bridgehead atoms. The van der Waals surface area contributed by atoms with Crippen LogP contribution >= 0.6 is 11.8 Å². The Bertz CT molecular complexity index is 1400. The van der Waals surface area contributed by atoms with E-state index in [2.05, 4.69) is 10.3 Å². The van der Waals surface area contributed by atoms with Gasteiger partial charge in [0, 0.05) is 11.8 Å². The van der Waals surface area contributed by atoms with Crippen molar-refractivity contribution >= 4 is 46.4 Å². The summed E-state index contributed by atoms with van der Waals surface area (Å²) in [6, 6.07) is 12.4. The summed E-state index contributed by atoms with van der Waals surface area (Å²) >= 11 is 1.02. The number of anilines is 1. The monoisotopic (exact) mass is 628 g/mol. The molecule has 2 amide bonds. The molecule has 4 rings (SSSR count). The van der Waals surface area contributed by atoms with Crippen LogP contribution in [0.2, 0.25) is 0 Å². The number of esters is 2. The molecule has 210 valence electrons. The van der Waals surface area contributed by atoms with Gasteiger partial charge in [0.1, 0.15) is 5.75 Å². The van der Waals surface area contributed by atoms with Crippen LogP contribution in [0.5, 0.6) is 5.75 Å². The lowest BCUT2D eigenvalue weighted by Crippen LogP contribution is -3.00. The van der Waals surface area contributed by atoms with Gasteiger partial charge >= 0.3 is 11.9 Å². The molecule has 0 spiro atoms. The van der Waals surface area contributed by atoms with Gasteiger partial charge in [0.15, 0.2) is 5.17 Å². The summed E-state index contributed by atoms with van der Waals surface area (Å²) in [5.74, 6) is -1.44. The molecule has 2 aromatic rings. The van der Waals surface area contributed by atoms with Crippen LogP contribution in [0.3, 0.4) is 0 Å². The molecule has 0 radical (unpaired) electrons. The molecule has 1 N–H and O–H groups in total. The van der Waals surface area contributed by atoms with Crippen molar-refractivity contribution in [3.63, 3.8) is 0 Å². The van der Waals surface area contributed by atoms with E-state index in [-0.39, 0.29) is 45.8 Å². The highest BCUT2D eigenvalue weighted by Gasteiger charge is 2.42. The molecule has 0 aromatic heterocycles. The Balaban J connectivity index is 0.00000441. The maximum atomic E-state index is 13.4. The number of ether oxygens (including phenoxy) is 3. The van der Waals surface area contributed by atoms with E-state index in [1.807, 2.05) is 0 Å². The second kappa shape index (κ2) is 13.4. The third-order valence-electron chi connectivity index (χ3n) is 5.89. The Morgan fingerprint density at radius 3 is 2.20 bits per heavy atom. The quantitative estimate of drug-likeness (QED) is 0.433. The first-order valence-corrected chi connectivity index (χ1v) is 13.0. The number of amides is 2. The predicted molar refractivity (Wildman–Crippen MR) is 146 cm³/mol. The molecule has 1 unspecified atom stereocenters. The largest absolute Gasteiger partial charge is 1.00 e. The average molecular weight is 630 g/mol. The van der Waals surface area contributed by atoms with Gasteiger partial charge in [-0.25, -0.2) is 14.6 Å². The van der Waals surface area contributed by atoms with Gasteiger partial charge in [0.2, 0.25) is 0 Å². The SMILES string of the molecule is CCOC(=O)C1=C(C)N=C2SC(C(=O)Nc3ccc(C(=O)OCC)cc3)=CC(=O)N2C1c1ccc(OC)cc1.[Br-]. The minimum atomic E-state index is -0.807. The second-order valence-corrected chi connectivity index (χ2v) is 9.37. The van der Waals surface area contributed by atoms with Crippen molar-refractivity contribution < 1.29 is 50.4 Å². The summed E-state index contributed by atoms with van der Waals surface area (Å²) < 4.78 is 15.5. The van der Waals surface area contributed by atoms with E-state index in [4.69, 9.17) is 14.2 Å². The Labute approximate surface area is 246 Å². The zero-order valence-corrected chi connectivity index (χ0v) is 24.6. The first-order valence-electron chi connectivity index (χ1n) is 12.2. The molecule has 0 fully saturated rings. The fourth-order valence-corrected chi connectivity index (χ4v) is 5.05. The molecule has 1 atom stereocenters. The first kappa shape index (κ1) is 30.6. The summed E-state index contributed by atoms with van der Waals surface area (Å²) in [5.41, 5.74) is 2.07. The number of hydrogen-bond donors (Lipinski definition) is 1. The zero-order valence-electron chi connectivity index (χ0n) is 22.2. The highest BCUT2D eigenvalue weighted by Crippen LogP contribution is 2.42. The van der Waals surface area contributed by atoms with Crippen molar-refractivity contribution in [1.29, 1.82) is 0 Å². The number of carbonyl (C=O) groups is 4. The summed E-state index contributed by atoms with van der Waals surface area (Å²) in [5, 5.41) is 2.99. The van der Waals surface area contributed by atoms with E-state index in [1.54, 1.807) is 76.4 Å². The van der Waals surface area contributed by atoms with Gasteiger partial charge in [-0.1, -0.05) is 12.1 Å². The topological polar surface area (TPSA) is 124 Å². The smallest absolute Gasteiger partial charge is 0.338 e. The van der Waals surface area contributed by atoms with E-state index in [1.165, 1.54) is 11.0 Å². The van der Waals surface area contributed by atoms with E-state index >= 15 is 0 Å². The van der Waals surface area contributed by atoms with Gasteiger partial charge in [0.25, 0.3) is 11.8 Å². The van der Waals surface area contributed by atoms with Crippen LogP contribution in [0, 0.1) is 0 Å². The number of nitrogens with one attached hydrogen (secondary N) is 1. The number of allylic oxidation sites excluding steroid dienone is 1. The Kier molecular flexibility index (Phi) is 10.3. The fraction of sp³-hybridized carbons (Fsp3) is 0.250. The maximum Gasteiger partial charge on any atom is 0.338 e. The number of nitrogens with zero attached hydrogens (tertiary/aromatic N) is 2. The van der Waals surface area contributed by atoms with E-state index < -0.39 is 29.8 Å². The molecule has 2 heterocycles. The highest BCUT2D eigenvalue weighted by molar-refractivity contribution is 8.18. The van der Waals surface area contributed by atoms with Crippen molar-refractivity contribution in [2.45, 2.75) is 26.8 Å². The third-order valence-corrected chi connectivity index (χ3v) is 6.88. The van der Waals surface area contributed by atoms with Gasteiger partial charge in [-0.15, -0.1) is 0 Å². The number of aliphatic imine (C=N–C) groups is 1. The van der Waals surface area contributed by atoms with Crippen LogP contribution in [-0.4, -0.2) is 54.1 Å². The lowest BCUT2D eigenvalue weighted by atomic mass is 9.94. The summed E-state index contributed by atoms with van der Waals surface area (Å²) in [7, 11) is 1.55. The lowest BCUT2D eigenvalue weighted by Gasteiger charge is -2.38. The van der Waals surface area contributed by atoms with Crippen molar-refractivity contribution in [2.24, 2.45) is 4.99 Å². The van der Waals surface area contributed by atoms with Crippen LogP contribution in [0.25, 0.3) is 0 Å². The maximum absolute atomic E-state index is 13.4. The van der Waals surface area contributed by atoms with Crippen LogP contribution in [0.4, 0.5) is 5.69 Å². The molecule has 2 aromatic carbocycles. The van der Waals surface area contributed by atoms with Gasteiger partial charge in [0.05, 0.1) is 48.1 Å². The average Bonchev–Trinajstić information content (AvgIpc) is 2.92. The van der Waals surface area contributed by atoms with E-state index in [0.29, 0.717) is 28.3 Å². The van der Waals surface area contributed by atoms with Gasteiger partial charge < -0.3 is 36.5 Å². The molecule has 2 aliphatic heterocycles. The zero-order chi connectivity index (χ0) is 28.1. The molecule has 0 aliphatic carbocycles. The number of halogens is 1. The molecule has 12 heteroatoms. The molecule has 40 heavy (non-hydrogen) atoms. The molecule has 0 saturated heterocycles. The molecule has 2 aliphatic rings. The first-order chi connectivity index (χ1) is 18.8. The summed E-state index contributed by atoms with van der Waals surface area (Å²) in [4.78, 5) is 57.3. The number of hydrogen-bond acceptors (Lipinski definition) is 9. The number of amidine groups is 1. The van der Waals surface area contributed by atoms with Crippen LogP contribution in [0.15, 0.2) is 75.8 Å². The number of fused-ring (bicyclic) bond motifs is 1. The minimum absolute atomic E-state index is 0. The van der Waals surface area contributed by atoms with Crippen LogP contribution < -0.4 is 27.0 Å². The summed E-state index contributed by atoms with van der Waals surface area (Å²) in [6.45, 7) is 5.51. The predicted octanol–water partition coefficient (Wildman–Crippen LogP) is 1.22. The molecular weight excluding hydrogens is 602 g/mol. The third kappa shape index (κ3) is 6.45. The summed E-state index contributed by atoms with van der Waals surface area (Å²) in [6.07, 6.45) is 1.21.